The highest BCUT2D eigenvalue weighted by Gasteiger charge is 2.31. The Morgan fingerprint density at radius 3 is 2.47 bits per heavy atom. The van der Waals surface area contributed by atoms with E-state index >= 15 is 0 Å². The van der Waals surface area contributed by atoms with Crippen LogP contribution in [0, 0.1) is 0 Å². The van der Waals surface area contributed by atoms with E-state index in [2.05, 4.69) is 5.32 Å². The van der Waals surface area contributed by atoms with Crippen molar-refractivity contribution in [3.8, 4) is 0 Å². The Labute approximate surface area is 110 Å². The van der Waals surface area contributed by atoms with Crippen LogP contribution in [0.25, 0.3) is 10.9 Å². The number of nitrogens with zero attached hydrogens (tertiary/aromatic N) is 1. The van der Waals surface area contributed by atoms with Crippen LogP contribution in [0.1, 0.15) is 31.0 Å². The number of nitrogens with one attached hydrogen (secondary N) is 1. The number of alkyl halides is 3. The number of benzene rings is 1. The molecule has 0 bridgehead atoms. The molecule has 0 saturated carbocycles. The first-order valence-corrected chi connectivity index (χ1v) is 6.20. The summed E-state index contributed by atoms with van der Waals surface area (Å²) >= 11 is 0. The predicted octanol–water partition coefficient (Wildman–Crippen LogP) is 3.96. The van der Waals surface area contributed by atoms with Gasteiger partial charge in [-0.3, -0.25) is 0 Å². The van der Waals surface area contributed by atoms with E-state index < -0.39 is 11.7 Å². The first-order valence-electron chi connectivity index (χ1n) is 6.20. The summed E-state index contributed by atoms with van der Waals surface area (Å²) in [5.74, 6) is 0. The van der Waals surface area contributed by atoms with Gasteiger partial charge < -0.3 is 9.88 Å². The maximum Gasteiger partial charge on any atom is 0.416 e. The summed E-state index contributed by atoms with van der Waals surface area (Å²) in [5, 5.41) is 3.66. The lowest BCUT2D eigenvalue weighted by Gasteiger charge is -2.10. The lowest BCUT2D eigenvalue weighted by Crippen LogP contribution is -2.06. The van der Waals surface area contributed by atoms with Crippen LogP contribution in [0.2, 0.25) is 0 Å². The minimum absolute atomic E-state index is 0.213. The van der Waals surface area contributed by atoms with E-state index in [-0.39, 0.29) is 6.04 Å². The minimum atomic E-state index is -4.30. The normalized spacial score (nSPS) is 12.6. The third-order valence-electron chi connectivity index (χ3n) is 3.17. The van der Waals surface area contributed by atoms with Crippen LogP contribution in [0.5, 0.6) is 0 Å². The van der Waals surface area contributed by atoms with Gasteiger partial charge in [0.15, 0.2) is 0 Å². The van der Waals surface area contributed by atoms with Gasteiger partial charge in [-0.25, -0.2) is 0 Å². The lowest BCUT2D eigenvalue weighted by molar-refractivity contribution is -0.137. The SMILES string of the molecule is CNCc1cn(C(C)C)c2ccc(C(F)(F)F)cc12. The zero-order valence-corrected chi connectivity index (χ0v) is 11.2. The molecule has 2 rings (SSSR count). The van der Waals surface area contributed by atoms with Crippen molar-refractivity contribution in [2.24, 2.45) is 0 Å². The molecule has 2 nitrogen and oxygen atoms in total. The fourth-order valence-electron chi connectivity index (χ4n) is 2.26. The number of halogens is 3. The molecule has 1 aromatic carbocycles. The highest BCUT2D eigenvalue weighted by molar-refractivity contribution is 5.85. The van der Waals surface area contributed by atoms with Crippen molar-refractivity contribution in [3.63, 3.8) is 0 Å². The molecular formula is C14H17F3N2. The van der Waals surface area contributed by atoms with Gasteiger partial charge in [0, 0.05) is 29.7 Å². The molecule has 0 fully saturated rings. The number of hydrogen-bond acceptors (Lipinski definition) is 1. The standard InChI is InChI=1S/C14H17F3N2/c1-9(2)19-8-10(7-18-3)12-6-11(14(15,16)17)4-5-13(12)19/h4-6,8-9,18H,7H2,1-3H3. The van der Waals surface area contributed by atoms with E-state index in [1.165, 1.54) is 6.07 Å². The third kappa shape index (κ3) is 2.61. The smallest absolute Gasteiger partial charge is 0.345 e. The van der Waals surface area contributed by atoms with Crippen LogP contribution in [0.15, 0.2) is 24.4 Å². The summed E-state index contributed by atoms with van der Waals surface area (Å²) in [4.78, 5) is 0. The molecule has 0 radical (unpaired) electrons. The molecule has 0 unspecified atom stereocenters. The summed E-state index contributed by atoms with van der Waals surface area (Å²) in [6.45, 7) is 4.58. The van der Waals surface area contributed by atoms with Crippen LogP contribution < -0.4 is 5.32 Å². The van der Waals surface area contributed by atoms with Crippen molar-refractivity contribution in [3.05, 3.63) is 35.5 Å². The Morgan fingerprint density at radius 1 is 1.26 bits per heavy atom. The van der Waals surface area contributed by atoms with Gasteiger partial charge >= 0.3 is 6.18 Å². The van der Waals surface area contributed by atoms with E-state index in [0.29, 0.717) is 11.9 Å². The Morgan fingerprint density at radius 2 is 1.95 bits per heavy atom. The van der Waals surface area contributed by atoms with Gasteiger partial charge in [0.05, 0.1) is 5.56 Å². The number of fused-ring (bicyclic) bond motifs is 1. The summed E-state index contributed by atoms with van der Waals surface area (Å²) in [5.41, 5.74) is 1.13. The van der Waals surface area contributed by atoms with Crippen molar-refractivity contribution < 1.29 is 13.2 Å². The van der Waals surface area contributed by atoms with Gasteiger partial charge in [0.1, 0.15) is 0 Å². The minimum Gasteiger partial charge on any atom is -0.345 e. The van der Waals surface area contributed by atoms with Crippen LogP contribution in [0.3, 0.4) is 0 Å². The zero-order valence-electron chi connectivity index (χ0n) is 11.2. The summed E-state index contributed by atoms with van der Waals surface area (Å²) in [6, 6.07) is 4.15. The molecule has 104 valence electrons. The van der Waals surface area contributed by atoms with Crippen molar-refractivity contribution >= 4 is 10.9 Å². The van der Waals surface area contributed by atoms with Crippen LogP contribution in [0.4, 0.5) is 13.2 Å². The molecule has 19 heavy (non-hydrogen) atoms. The van der Waals surface area contributed by atoms with E-state index in [9.17, 15) is 13.2 Å². The number of rotatable bonds is 3. The average Bonchev–Trinajstić information content (AvgIpc) is 2.67. The van der Waals surface area contributed by atoms with Crippen LogP contribution in [-0.2, 0) is 12.7 Å². The summed E-state index contributed by atoms with van der Waals surface area (Å²) < 4.78 is 40.3. The van der Waals surface area contributed by atoms with E-state index in [0.717, 1.165) is 17.1 Å². The van der Waals surface area contributed by atoms with Crippen molar-refractivity contribution in [2.75, 3.05) is 7.05 Å². The summed E-state index contributed by atoms with van der Waals surface area (Å²) in [6.07, 6.45) is -2.38. The van der Waals surface area contributed by atoms with Gasteiger partial charge in [-0.2, -0.15) is 13.2 Å². The predicted molar refractivity (Wildman–Crippen MR) is 70.1 cm³/mol. The molecule has 0 aliphatic rings. The van der Waals surface area contributed by atoms with Gasteiger partial charge in [-0.15, -0.1) is 0 Å². The second kappa shape index (κ2) is 4.89. The van der Waals surface area contributed by atoms with Gasteiger partial charge in [0.2, 0.25) is 0 Å². The third-order valence-corrected chi connectivity index (χ3v) is 3.17. The van der Waals surface area contributed by atoms with Gasteiger partial charge in [-0.1, -0.05) is 0 Å². The second-order valence-corrected chi connectivity index (χ2v) is 4.92. The summed E-state index contributed by atoms with van der Waals surface area (Å²) in [7, 11) is 1.78. The van der Waals surface area contributed by atoms with Crippen molar-refractivity contribution in [1.82, 2.24) is 9.88 Å². The van der Waals surface area contributed by atoms with Gasteiger partial charge in [0.25, 0.3) is 0 Å². The lowest BCUT2D eigenvalue weighted by atomic mass is 10.1. The van der Waals surface area contributed by atoms with Crippen LogP contribution >= 0.6 is 0 Å². The number of aromatic nitrogens is 1. The Kier molecular flexibility index (Phi) is 3.58. The maximum absolute atomic E-state index is 12.8. The molecule has 1 aromatic heterocycles. The molecule has 0 amide bonds. The molecule has 0 aliphatic heterocycles. The quantitative estimate of drug-likeness (QED) is 0.893. The molecule has 0 atom stereocenters. The largest absolute Gasteiger partial charge is 0.416 e. The molecule has 5 heteroatoms. The first-order chi connectivity index (χ1) is 8.84. The molecule has 1 N–H and O–H groups in total. The topological polar surface area (TPSA) is 17.0 Å². The Bertz CT molecular complexity index is 582. The monoisotopic (exact) mass is 270 g/mol. The second-order valence-electron chi connectivity index (χ2n) is 4.92. The molecule has 0 saturated heterocycles. The average molecular weight is 270 g/mol. The molecule has 0 spiro atoms. The fraction of sp³-hybridized carbons (Fsp3) is 0.429. The van der Waals surface area contributed by atoms with E-state index in [1.807, 2.05) is 24.6 Å². The van der Waals surface area contributed by atoms with Crippen LogP contribution in [-0.4, -0.2) is 11.6 Å². The highest BCUT2D eigenvalue weighted by Crippen LogP contribution is 2.33. The molecule has 2 aromatic rings. The van der Waals surface area contributed by atoms with Crippen molar-refractivity contribution in [2.45, 2.75) is 32.6 Å². The molecule has 0 aliphatic carbocycles. The van der Waals surface area contributed by atoms with Crippen molar-refractivity contribution in [1.29, 1.82) is 0 Å². The van der Waals surface area contributed by atoms with E-state index in [1.54, 1.807) is 13.1 Å². The molecule has 1 heterocycles. The molecular weight excluding hydrogens is 253 g/mol. The fourth-order valence-corrected chi connectivity index (χ4v) is 2.26. The Hall–Kier alpha value is -1.49. The van der Waals surface area contributed by atoms with Gasteiger partial charge in [-0.05, 0) is 44.7 Å². The maximum atomic E-state index is 12.8. The number of hydrogen-bond donors (Lipinski definition) is 1. The highest BCUT2D eigenvalue weighted by atomic mass is 19.4. The zero-order chi connectivity index (χ0) is 14.2. The van der Waals surface area contributed by atoms with E-state index in [4.69, 9.17) is 0 Å². The Balaban J connectivity index is 2.66. The first kappa shape index (κ1) is 13.9.